The van der Waals surface area contributed by atoms with Crippen molar-refractivity contribution in [1.82, 2.24) is 0 Å². The van der Waals surface area contributed by atoms with E-state index < -0.39 is 0 Å². The molecule has 0 aromatic heterocycles. The first-order valence-electron chi connectivity index (χ1n) is 12.5. The maximum atomic E-state index is 13.3. The van der Waals surface area contributed by atoms with Crippen molar-refractivity contribution < 1.29 is 19.1 Å². The molecule has 4 heteroatoms. The summed E-state index contributed by atoms with van der Waals surface area (Å²) in [5, 5.41) is 0. The van der Waals surface area contributed by atoms with Crippen molar-refractivity contribution in [2.75, 3.05) is 13.2 Å². The molecule has 0 spiro atoms. The van der Waals surface area contributed by atoms with E-state index in [1.807, 2.05) is 0 Å². The van der Waals surface area contributed by atoms with Gasteiger partial charge >= 0.3 is 11.9 Å². The molecule has 0 saturated heterocycles. The van der Waals surface area contributed by atoms with E-state index in [-0.39, 0.29) is 23.8 Å². The molecule has 0 N–H and O–H groups in total. The van der Waals surface area contributed by atoms with Gasteiger partial charge in [-0.3, -0.25) is 9.59 Å². The predicted octanol–water partition coefficient (Wildman–Crippen LogP) is 5.27. The second kappa shape index (κ2) is 9.04. The van der Waals surface area contributed by atoms with Crippen molar-refractivity contribution in [3.05, 3.63) is 12.2 Å². The van der Waals surface area contributed by atoms with Crippen molar-refractivity contribution in [1.29, 1.82) is 0 Å². The molecular formula is C26H40O4. The highest BCUT2D eigenvalue weighted by atomic mass is 16.5. The summed E-state index contributed by atoms with van der Waals surface area (Å²) in [6, 6.07) is 0. The average molecular weight is 417 g/mol. The van der Waals surface area contributed by atoms with E-state index in [1.54, 1.807) is 0 Å². The highest BCUT2D eigenvalue weighted by molar-refractivity contribution is 5.84. The summed E-state index contributed by atoms with van der Waals surface area (Å²) < 4.78 is 11.7. The van der Waals surface area contributed by atoms with Gasteiger partial charge in [0, 0.05) is 0 Å². The SMILES string of the molecule is CCC(CC)COC(=O)C1C2CC(C1C(=O)OCC(CC)CC)C1C3C=CC(C3)C21. The molecule has 4 aliphatic rings. The summed E-state index contributed by atoms with van der Waals surface area (Å²) in [6.07, 6.45) is 11.0. The minimum atomic E-state index is -0.299. The number of allylic oxidation sites excluding steroid dienone is 2. The lowest BCUT2D eigenvalue weighted by atomic mass is 9.65. The van der Waals surface area contributed by atoms with Gasteiger partial charge in [0.2, 0.25) is 0 Å². The van der Waals surface area contributed by atoms with Crippen LogP contribution in [-0.4, -0.2) is 25.2 Å². The van der Waals surface area contributed by atoms with Gasteiger partial charge in [0.1, 0.15) is 0 Å². The Morgan fingerprint density at radius 3 is 1.50 bits per heavy atom. The van der Waals surface area contributed by atoms with Gasteiger partial charge in [0.15, 0.2) is 0 Å². The first-order valence-corrected chi connectivity index (χ1v) is 12.5. The number of fused-ring (bicyclic) bond motifs is 9. The summed E-state index contributed by atoms with van der Waals surface area (Å²) in [5.41, 5.74) is 0. The van der Waals surface area contributed by atoms with Crippen molar-refractivity contribution >= 4 is 11.9 Å². The van der Waals surface area contributed by atoms with Crippen molar-refractivity contribution in [2.24, 2.45) is 59.2 Å². The van der Waals surface area contributed by atoms with Crippen molar-refractivity contribution in [3.8, 4) is 0 Å². The van der Waals surface area contributed by atoms with Gasteiger partial charge in [0.05, 0.1) is 25.0 Å². The van der Waals surface area contributed by atoms with Gasteiger partial charge < -0.3 is 9.47 Å². The molecule has 0 heterocycles. The maximum Gasteiger partial charge on any atom is 0.310 e. The quantitative estimate of drug-likeness (QED) is 0.277. The van der Waals surface area contributed by atoms with E-state index in [4.69, 9.17) is 9.47 Å². The van der Waals surface area contributed by atoms with E-state index in [9.17, 15) is 9.59 Å². The summed E-state index contributed by atoms with van der Waals surface area (Å²) in [6.45, 7) is 9.53. The molecule has 0 radical (unpaired) electrons. The van der Waals surface area contributed by atoms with Gasteiger partial charge in [-0.2, -0.15) is 0 Å². The lowest BCUT2D eigenvalue weighted by molar-refractivity contribution is -0.168. The van der Waals surface area contributed by atoms with E-state index in [0.29, 0.717) is 60.6 Å². The molecule has 0 aromatic carbocycles. The fraction of sp³-hybridized carbons (Fsp3) is 0.846. The normalized spacial score (nSPS) is 37.9. The maximum absolute atomic E-state index is 13.3. The standard InChI is InChI=1S/C26H40O4/c1-5-15(6-2)13-29-25(27)23-19-12-20(22-18-10-9-17(11-18)21(19)22)24(23)26(28)30-14-16(7-3)8-4/h9-10,15-24H,5-8,11-14H2,1-4H3. The summed E-state index contributed by atoms with van der Waals surface area (Å²) in [5.74, 6) is 2.87. The highest BCUT2D eigenvalue weighted by Crippen LogP contribution is 2.69. The van der Waals surface area contributed by atoms with E-state index in [0.717, 1.165) is 32.1 Å². The molecule has 3 fully saturated rings. The van der Waals surface area contributed by atoms with Crippen LogP contribution in [0.15, 0.2) is 12.2 Å². The lowest BCUT2D eigenvalue weighted by Gasteiger charge is -2.39. The first-order chi connectivity index (χ1) is 14.5. The molecule has 4 nitrogen and oxygen atoms in total. The van der Waals surface area contributed by atoms with Crippen molar-refractivity contribution in [3.63, 3.8) is 0 Å². The highest BCUT2D eigenvalue weighted by Gasteiger charge is 2.68. The largest absolute Gasteiger partial charge is 0.465 e. The number of carbonyl (C=O) groups excluding carboxylic acids is 2. The molecule has 168 valence electrons. The van der Waals surface area contributed by atoms with Crippen LogP contribution in [0.1, 0.15) is 66.2 Å². The number of hydrogen-bond donors (Lipinski definition) is 0. The van der Waals surface area contributed by atoms with Crippen LogP contribution in [0, 0.1) is 59.2 Å². The predicted molar refractivity (Wildman–Crippen MR) is 116 cm³/mol. The van der Waals surface area contributed by atoms with Crippen LogP contribution < -0.4 is 0 Å². The smallest absolute Gasteiger partial charge is 0.310 e. The second-order valence-electron chi connectivity index (χ2n) is 10.3. The van der Waals surface area contributed by atoms with Gasteiger partial charge in [-0.05, 0) is 60.2 Å². The molecular weight excluding hydrogens is 376 g/mol. The van der Waals surface area contributed by atoms with Crippen LogP contribution in [0.5, 0.6) is 0 Å². The topological polar surface area (TPSA) is 52.6 Å². The molecule has 0 amide bonds. The van der Waals surface area contributed by atoms with Gasteiger partial charge in [-0.1, -0.05) is 65.5 Å². The average Bonchev–Trinajstić information content (AvgIpc) is 3.53. The molecule has 4 aliphatic carbocycles. The Morgan fingerprint density at radius 1 is 0.733 bits per heavy atom. The van der Waals surface area contributed by atoms with Crippen LogP contribution in [0.2, 0.25) is 0 Å². The summed E-state index contributed by atoms with van der Waals surface area (Å²) in [4.78, 5) is 26.6. The third-order valence-electron chi connectivity index (χ3n) is 9.20. The van der Waals surface area contributed by atoms with E-state index >= 15 is 0 Å². The summed E-state index contributed by atoms with van der Waals surface area (Å²) in [7, 11) is 0. The minimum Gasteiger partial charge on any atom is -0.465 e. The van der Waals surface area contributed by atoms with Crippen LogP contribution in [0.25, 0.3) is 0 Å². The molecule has 0 aromatic rings. The Morgan fingerprint density at radius 2 is 1.13 bits per heavy atom. The third-order valence-corrected chi connectivity index (χ3v) is 9.20. The third kappa shape index (κ3) is 3.62. The number of ether oxygens (including phenoxy) is 2. The monoisotopic (exact) mass is 416 g/mol. The molecule has 8 unspecified atom stereocenters. The van der Waals surface area contributed by atoms with Crippen LogP contribution in [0.3, 0.4) is 0 Å². The van der Waals surface area contributed by atoms with Gasteiger partial charge in [-0.25, -0.2) is 0 Å². The Labute approximate surface area is 182 Å². The molecule has 0 aliphatic heterocycles. The first kappa shape index (κ1) is 21.9. The zero-order chi connectivity index (χ0) is 21.4. The Hall–Kier alpha value is -1.32. The molecule has 8 atom stereocenters. The molecule has 3 saturated carbocycles. The fourth-order valence-corrected chi connectivity index (χ4v) is 7.32. The van der Waals surface area contributed by atoms with E-state index in [1.165, 1.54) is 6.42 Å². The Kier molecular flexibility index (Phi) is 6.60. The number of esters is 2. The summed E-state index contributed by atoms with van der Waals surface area (Å²) >= 11 is 0. The van der Waals surface area contributed by atoms with E-state index in [2.05, 4.69) is 39.8 Å². The van der Waals surface area contributed by atoms with Gasteiger partial charge in [0.25, 0.3) is 0 Å². The number of rotatable bonds is 10. The zero-order valence-electron chi connectivity index (χ0n) is 19.2. The van der Waals surface area contributed by atoms with Gasteiger partial charge in [-0.15, -0.1) is 0 Å². The second-order valence-corrected chi connectivity index (χ2v) is 10.3. The fourth-order valence-electron chi connectivity index (χ4n) is 7.32. The Balaban J connectivity index is 1.50. The van der Waals surface area contributed by atoms with Crippen LogP contribution in [0.4, 0.5) is 0 Å². The number of hydrogen-bond acceptors (Lipinski definition) is 4. The van der Waals surface area contributed by atoms with Crippen LogP contribution >= 0.6 is 0 Å². The van der Waals surface area contributed by atoms with Crippen LogP contribution in [-0.2, 0) is 19.1 Å². The zero-order valence-corrected chi connectivity index (χ0v) is 19.2. The van der Waals surface area contributed by atoms with Crippen molar-refractivity contribution in [2.45, 2.75) is 66.2 Å². The molecule has 4 bridgehead atoms. The lowest BCUT2D eigenvalue weighted by Crippen LogP contribution is -2.45. The molecule has 4 rings (SSSR count). The minimum absolute atomic E-state index is 0.135. The molecule has 30 heavy (non-hydrogen) atoms. The number of carbonyl (C=O) groups is 2. The Bertz CT molecular complexity index is 608.